The number of esters is 1. The van der Waals surface area contributed by atoms with E-state index in [1.165, 1.54) is 19.6 Å². The van der Waals surface area contributed by atoms with Gasteiger partial charge in [0.1, 0.15) is 0 Å². The molecule has 0 bridgehead atoms. The van der Waals surface area contributed by atoms with E-state index in [-0.39, 0.29) is 17.1 Å². The normalized spacial score (nSPS) is 7.74. The van der Waals surface area contributed by atoms with Crippen LogP contribution >= 0.6 is 0 Å². The van der Waals surface area contributed by atoms with Gasteiger partial charge in [0.25, 0.3) is 0 Å². The Morgan fingerprint density at radius 3 is 1.35 bits per heavy atom. The first-order valence-electron chi connectivity index (χ1n) is 9.37. The lowest BCUT2D eigenvalue weighted by atomic mass is 10.2. The Bertz CT molecular complexity index is 831. The van der Waals surface area contributed by atoms with Crippen molar-refractivity contribution in [1.82, 2.24) is 0 Å². The Balaban J connectivity index is -0.000000169. The molecule has 0 aliphatic carbocycles. The Morgan fingerprint density at radius 2 is 1.24 bits per heavy atom. The van der Waals surface area contributed by atoms with Crippen LogP contribution in [0.25, 0.3) is 6.08 Å². The SMILES string of the molecule is C=C(C)C(=O)O.C=C(C)C(=O)OC.C=C(CC(=O)O)C(=O)O.C=CC=C.C=Cc1ccccc1. The van der Waals surface area contributed by atoms with Gasteiger partial charge < -0.3 is 20.1 Å². The lowest BCUT2D eigenvalue weighted by Crippen LogP contribution is -2.04. The van der Waals surface area contributed by atoms with Crippen molar-refractivity contribution >= 4 is 30.0 Å². The average molecular weight is 475 g/mol. The number of rotatable bonds is 7. The fraction of sp³-hybridized carbons (Fsp3) is 0.154. The molecule has 0 saturated heterocycles. The topological polar surface area (TPSA) is 138 Å². The van der Waals surface area contributed by atoms with Crippen molar-refractivity contribution < 1.29 is 39.2 Å². The summed E-state index contributed by atoms with van der Waals surface area (Å²) < 4.78 is 4.27. The molecule has 8 nitrogen and oxygen atoms in total. The fourth-order valence-corrected chi connectivity index (χ4v) is 1.02. The van der Waals surface area contributed by atoms with Crippen molar-refractivity contribution in [2.75, 3.05) is 7.11 Å². The van der Waals surface area contributed by atoms with Gasteiger partial charge in [-0.1, -0.05) is 88.0 Å². The third kappa shape index (κ3) is 32.2. The van der Waals surface area contributed by atoms with Gasteiger partial charge in [0, 0.05) is 16.7 Å². The van der Waals surface area contributed by atoms with E-state index in [0.717, 1.165) is 0 Å². The second-order valence-corrected chi connectivity index (χ2v) is 5.92. The second-order valence-electron chi connectivity index (χ2n) is 5.92. The molecule has 1 aromatic rings. The number of allylic oxidation sites excluding steroid dienone is 2. The minimum absolute atomic E-state index is 0.176. The molecule has 186 valence electrons. The van der Waals surface area contributed by atoms with E-state index in [1.54, 1.807) is 19.1 Å². The molecule has 1 aromatic carbocycles. The van der Waals surface area contributed by atoms with Crippen LogP contribution in [0.5, 0.6) is 0 Å². The maximum Gasteiger partial charge on any atom is 0.332 e. The van der Waals surface area contributed by atoms with Crippen molar-refractivity contribution in [2.45, 2.75) is 20.3 Å². The van der Waals surface area contributed by atoms with Crippen LogP contribution in [0.1, 0.15) is 25.8 Å². The molecule has 1 rings (SSSR count). The maximum absolute atomic E-state index is 10.2. The van der Waals surface area contributed by atoms with Crippen molar-refractivity contribution in [3.63, 3.8) is 0 Å². The number of carboxylic acids is 3. The van der Waals surface area contributed by atoms with Crippen molar-refractivity contribution in [3.05, 3.63) is 104 Å². The number of carbonyl (C=O) groups excluding carboxylic acids is 1. The number of carbonyl (C=O) groups is 4. The van der Waals surface area contributed by atoms with E-state index in [4.69, 9.17) is 15.3 Å². The minimum atomic E-state index is -1.27. The summed E-state index contributed by atoms with van der Waals surface area (Å²) in [6.45, 7) is 22.9. The summed E-state index contributed by atoms with van der Waals surface area (Å²) in [5.74, 6) is -3.73. The Labute approximate surface area is 201 Å². The molecule has 0 spiro atoms. The first-order valence-corrected chi connectivity index (χ1v) is 9.37. The summed E-state index contributed by atoms with van der Waals surface area (Å²) in [6.07, 6.45) is 4.61. The third-order valence-corrected chi connectivity index (χ3v) is 2.77. The molecule has 0 aromatic heterocycles. The van der Waals surface area contributed by atoms with E-state index in [1.807, 2.05) is 36.4 Å². The number of benzene rings is 1. The second kappa shape index (κ2) is 24.8. The van der Waals surface area contributed by atoms with Gasteiger partial charge >= 0.3 is 23.9 Å². The van der Waals surface area contributed by atoms with E-state index < -0.39 is 24.3 Å². The quantitative estimate of drug-likeness (QED) is 0.279. The summed E-state index contributed by atoms with van der Waals surface area (Å²) >= 11 is 0. The molecular formula is C26H34O8. The molecule has 0 unspecified atom stereocenters. The summed E-state index contributed by atoms with van der Waals surface area (Å²) in [6, 6.07) is 10.0. The molecule has 3 N–H and O–H groups in total. The molecule has 8 heteroatoms. The molecule has 0 aliphatic heterocycles. The highest BCUT2D eigenvalue weighted by molar-refractivity contribution is 5.91. The number of methoxy groups -OCH3 is 1. The lowest BCUT2D eigenvalue weighted by molar-refractivity contribution is -0.139. The van der Waals surface area contributed by atoms with Crippen LogP contribution < -0.4 is 0 Å². The van der Waals surface area contributed by atoms with Crippen molar-refractivity contribution in [3.8, 4) is 0 Å². The Morgan fingerprint density at radius 1 is 0.824 bits per heavy atom. The Kier molecular flexibility index (Phi) is 26.9. The van der Waals surface area contributed by atoms with E-state index in [2.05, 4.69) is 44.2 Å². The van der Waals surface area contributed by atoms with Crippen LogP contribution in [-0.2, 0) is 23.9 Å². The number of carboxylic acid groups (broad SMARTS) is 3. The molecule has 0 atom stereocenters. The van der Waals surface area contributed by atoms with Gasteiger partial charge in [0.2, 0.25) is 0 Å². The fourth-order valence-electron chi connectivity index (χ4n) is 1.02. The van der Waals surface area contributed by atoms with Crippen LogP contribution in [0.4, 0.5) is 0 Å². The van der Waals surface area contributed by atoms with E-state index in [0.29, 0.717) is 5.57 Å². The first-order chi connectivity index (χ1) is 15.7. The summed E-state index contributed by atoms with van der Waals surface area (Å²) in [5, 5.41) is 24.0. The zero-order chi connectivity index (χ0) is 27.7. The predicted molar refractivity (Wildman–Crippen MR) is 135 cm³/mol. The molecule has 0 heterocycles. The summed E-state index contributed by atoms with van der Waals surface area (Å²) in [5.41, 5.74) is 1.48. The van der Waals surface area contributed by atoms with Gasteiger partial charge in [-0.2, -0.15) is 0 Å². The van der Waals surface area contributed by atoms with Crippen LogP contribution in [0.15, 0.2) is 98.7 Å². The summed E-state index contributed by atoms with van der Waals surface area (Å²) in [4.78, 5) is 39.5. The predicted octanol–water partition coefficient (Wildman–Crippen LogP) is 5.17. The standard InChI is InChI=1S/C8H8.C5H6O4.C5H8O2.C4H6O2.C4H6/c1-2-8-6-4-3-5-7-8;1-3(5(8)9)2-4(6)7;1-4(2)5(6)7-3;1-3(2)4(5)6;1-3-4-2/h2-7H,1H2;1-2H2,(H,6,7)(H,8,9);1H2,2-3H3;1H2,2H3,(H,5,6);3-4H,1-2H2. The zero-order valence-electron chi connectivity index (χ0n) is 20.0. The molecule has 34 heavy (non-hydrogen) atoms. The molecular weight excluding hydrogens is 440 g/mol. The van der Waals surface area contributed by atoms with Gasteiger partial charge in [-0.15, -0.1) is 0 Å². The lowest BCUT2D eigenvalue weighted by Gasteiger charge is -1.91. The van der Waals surface area contributed by atoms with Gasteiger partial charge in [0.15, 0.2) is 0 Å². The van der Waals surface area contributed by atoms with Gasteiger partial charge in [-0.3, -0.25) is 4.79 Å². The monoisotopic (exact) mass is 474 g/mol. The highest BCUT2D eigenvalue weighted by Gasteiger charge is 2.07. The largest absolute Gasteiger partial charge is 0.481 e. The molecule has 0 fully saturated rings. The highest BCUT2D eigenvalue weighted by Crippen LogP contribution is 1.97. The molecule has 0 radical (unpaired) electrons. The summed E-state index contributed by atoms with van der Waals surface area (Å²) in [7, 11) is 1.33. The molecule has 0 aliphatic rings. The van der Waals surface area contributed by atoms with Gasteiger partial charge in [0.05, 0.1) is 13.5 Å². The third-order valence-electron chi connectivity index (χ3n) is 2.77. The first kappa shape index (κ1) is 36.9. The van der Waals surface area contributed by atoms with E-state index in [9.17, 15) is 19.2 Å². The molecule has 0 amide bonds. The van der Waals surface area contributed by atoms with Crippen LogP contribution in [0.3, 0.4) is 0 Å². The smallest absolute Gasteiger partial charge is 0.332 e. The van der Waals surface area contributed by atoms with Gasteiger partial charge in [-0.25, -0.2) is 14.4 Å². The number of aliphatic carboxylic acids is 3. The Hall–Kier alpha value is -4.46. The van der Waals surface area contributed by atoms with Crippen molar-refractivity contribution in [1.29, 1.82) is 0 Å². The van der Waals surface area contributed by atoms with E-state index >= 15 is 0 Å². The van der Waals surface area contributed by atoms with Gasteiger partial charge in [-0.05, 0) is 19.4 Å². The average Bonchev–Trinajstić information content (AvgIpc) is 2.79. The minimum Gasteiger partial charge on any atom is -0.481 e. The maximum atomic E-state index is 10.2. The zero-order valence-corrected chi connectivity index (χ0v) is 20.0. The van der Waals surface area contributed by atoms with Crippen molar-refractivity contribution in [2.24, 2.45) is 0 Å². The number of hydrogen-bond donors (Lipinski definition) is 3. The number of ether oxygens (including phenoxy) is 1. The highest BCUT2D eigenvalue weighted by atomic mass is 16.5. The number of hydrogen-bond acceptors (Lipinski definition) is 5. The van der Waals surface area contributed by atoms with Crippen LogP contribution in [-0.4, -0.2) is 46.3 Å². The van der Waals surface area contributed by atoms with Crippen LogP contribution in [0, 0.1) is 0 Å². The molecule has 0 saturated carbocycles. The van der Waals surface area contributed by atoms with Crippen LogP contribution in [0.2, 0.25) is 0 Å².